The Hall–Kier alpha value is -1.79. The van der Waals surface area contributed by atoms with Crippen molar-refractivity contribution in [2.75, 3.05) is 0 Å². The third-order valence-corrected chi connectivity index (χ3v) is 4.34. The standard InChI is InChI=1S/C17H20BrN5/c1-2-3-4-5-17(19)23-11-12(9-21-23)16-10-20-14-7-6-13(18)8-15(14)22-16/h6-11,17H,2-5,19H2,1H3. The van der Waals surface area contributed by atoms with Gasteiger partial charge < -0.3 is 5.73 Å². The zero-order valence-electron chi connectivity index (χ0n) is 13.1. The van der Waals surface area contributed by atoms with E-state index in [0.29, 0.717) is 0 Å². The van der Waals surface area contributed by atoms with Crippen LogP contribution in [-0.2, 0) is 0 Å². The summed E-state index contributed by atoms with van der Waals surface area (Å²) in [5, 5.41) is 4.38. The third kappa shape index (κ3) is 3.76. The summed E-state index contributed by atoms with van der Waals surface area (Å²) < 4.78 is 2.81. The fourth-order valence-corrected chi connectivity index (χ4v) is 2.86. The Kier molecular flexibility index (Phi) is 5.03. The maximum absolute atomic E-state index is 6.20. The van der Waals surface area contributed by atoms with Gasteiger partial charge in [0, 0.05) is 16.2 Å². The van der Waals surface area contributed by atoms with Crippen LogP contribution in [0.2, 0.25) is 0 Å². The average molecular weight is 374 g/mol. The van der Waals surface area contributed by atoms with E-state index >= 15 is 0 Å². The molecule has 6 heteroatoms. The maximum Gasteiger partial charge on any atom is 0.0988 e. The van der Waals surface area contributed by atoms with Gasteiger partial charge in [-0.05, 0) is 31.0 Å². The molecule has 0 fully saturated rings. The summed E-state index contributed by atoms with van der Waals surface area (Å²) in [6.45, 7) is 2.19. The van der Waals surface area contributed by atoms with Gasteiger partial charge in [-0.15, -0.1) is 0 Å². The highest BCUT2D eigenvalue weighted by Crippen LogP contribution is 2.22. The lowest BCUT2D eigenvalue weighted by Gasteiger charge is -2.11. The van der Waals surface area contributed by atoms with E-state index < -0.39 is 0 Å². The second kappa shape index (κ2) is 7.19. The van der Waals surface area contributed by atoms with Gasteiger partial charge in [-0.2, -0.15) is 5.10 Å². The summed E-state index contributed by atoms with van der Waals surface area (Å²) in [5.41, 5.74) is 9.67. The highest BCUT2D eigenvalue weighted by Gasteiger charge is 2.10. The first-order chi connectivity index (χ1) is 11.2. The Morgan fingerprint density at radius 3 is 2.91 bits per heavy atom. The molecule has 1 atom stereocenters. The van der Waals surface area contributed by atoms with Crippen LogP contribution in [0.25, 0.3) is 22.3 Å². The fraction of sp³-hybridized carbons (Fsp3) is 0.353. The van der Waals surface area contributed by atoms with Gasteiger partial charge in [0.15, 0.2) is 0 Å². The number of benzene rings is 1. The number of aromatic nitrogens is 4. The Bertz CT molecular complexity index is 799. The monoisotopic (exact) mass is 373 g/mol. The quantitative estimate of drug-likeness (QED) is 0.654. The first kappa shape index (κ1) is 16.1. The molecule has 0 radical (unpaired) electrons. The number of hydrogen-bond acceptors (Lipinski definition) is 4. The van der Waals surface area contributed by atoms with Crippen LogP contribution in [0.3, 0.4) is 0 Å². The topological polar surface area (TPSA) is 69.6 Å². The van der Waals surface area contributed by atoms with Crippen LogP contribution in [0.4, 0.5) is 0 Å². The normalized spacial score (nSPS) is 12.7. The first-order valence-electron chi connectivity index (χ1n) is 7.90. The zero-order valence-corrected chi connectivity index (χ0v) is 14.7. The van der Waals surface area contributed by atoms with Crippen molar-refractivity contribution in [2.24, 2.45) is 5.73 Å². The minimum absolute atomic E-state index is 0.0853. The molecule has 3 aromatic rings. The van der Waals surface area contributed by atoms with E-state index in [9.17, 15) is 0 Å². The van der Waals surface area contributed by atoms with Crippen molar-refractivity contribution in [3.05, 3.63) is 41.3 Å². The second-order valence-electron chi connectivity index (χ2n) is 5.66. The average Bonchev–Trinajstić information content (AvgIpc) is 3.04. The number of rotatable bonds is 6. The molecular weight excluding hydrogens is 354 g/mol. The third-order valence-electron chi connectivity index (χ3n) is 3.84. The molecule has 0 aliphatic carbocycles. The van der Waals surface area contributed by atoms with Crippen molar-refractivity contribution in [2.45, 2.75) is 38.8 Å². The van der Waals surface area contributed by atoms with Crippen LogP contribution in [0.5, 0.6) is 0 Å². The fourth-order valence-electron chi connectivity index (χ4n) is 2.51. The van der Waals surface area contributed by atoms with E-state index in [1.807, 2.05) is 29.1 Å². The summed E-state index contributed by atoms with van der Waals surface area (Å²) in [6, 6.07) is 5.88. The van der Waals surface area contributed by atoms with Gasteiger partial charge in [-0.1, -0.05) is 35.7 Å². The summed E-state index contributed by atoms with van der Waals surface area (Å²) >= 11 is 3.47. The maximum atomic E-state index is 6.20. The molecule has 120 valence electrons. The number of nitrogens with two attached hydrogens (primary N) is 1. The van der Waals surface area contributed by atoms with E-state index in [2.05, 4.69) is 37.9 Å². The molecule has 0 saturated carbocycles. The van der Waals surface area contributed by atoms with Crippen LogP contribution in [0.1, 0.15) is 38.8 Å². The van der Waals surface area contributed by atoms with Crippen LogP contribution >= 0.6 is 15.9 Å². The molecule has 2 aromatic heterocycles. The first-order valence-corrected chi connectivity index (χ1v) is 8.69. The lowest BCUT2D eigenvalue weighted by atomic mass is 10.2. The van der Waals surface area contributed by atoms with E-state index in [-0.39, 0.29) is 6.17 Å². The smallest absolute Gasteiger partial charge is 0.0988 e. The summed E-state index contributed by atoms with van der Waals surface area (Å²) in [5.74, 6) is 0. The molecule has 2 N–H and O–H groups in total. The molecule has 23 heavy (non-hydrogen) atoms. The summed E-state index contributed by atoms with van der Waals surface area (Å²) in [7, 11) is 0. The molecule has 0 saturated heterocycles. The molecule has 1 unspecified atom stereocenters. The number of unbranched alkanes of at least 4 members (excludes halogenated alkanes) is 2. The van der Waals surface area contributed by atoms with Crippen LogP contribution in [0.15, 0.2) is 41.3 Å². The van der Waals surface area contributed by atoms with Crippen molar-refractivity contribution >= 4 is 27.0 Å². The lowest BCUT2D eigenvalue weighted by Crippen LogP contribution is -2.18. The van der Waals surface area contributed by atoms with Crippen molar-refractivity contribution in [1.82, 2.24) is 19.7 Å². The number of hydrogen-bond donors (Lipinski definition) is 1. The highest BCUT2D eigenvalue weighted by atomic mass is 79.9. The number of fused-ring (bicyclic) bond motifs is 1. The molecule has 0 amide bonds. The van der Waals surface area contributed by atoms with Crippen molar-refractivity contribution in [3.8, 4) is 11.3 Å². The minimum Gasteiger partial charge on any atom is -0.310 e. The van der Waals surface area contributed by atoms with Crippen molar-refractivity contribution in [3.63, 3.8) is 0 Å². The molecule has 5 nitrogen and oxygen atoms in total. The van der Waals surface area contributed by atoms with Gasteiger partial charge in [0.25, 0.3) is 0 Å². The Labute approximate surface area is 144 Å². The highest BCUT2D eigenvalue weighted by molar-refractivity contribution is 9.10. The molecule has 0 bridgehead atoms. The van der Waals surface area contributed by atoms with E-state index in [1.54, 1.807) is 12.4 Å². The SMILES string of the molecule is CCCCCC(N)n1cc(-c2cnc3ccc(Br)cc3n2)cn1. The van der Waals surface area contributed by atoms with Gasteiger partial charge in [0.2, 0.25) is 0 Å². The van der Waals surface area contributed by atoms with Gasteiger partial charge >= 0.3 is 0 Å². The molecule has 3 rings (SSSR count). The number of halogens is 1. The van der Waals surface area contributed by atoms with Crippen LogP contribution < -0.4 is 5.73 Å². The Morgan fingerprint density at radius 2 is 2.09 bits per heavy atom. The summed E-state index contributed by atoms with van der Waals surface area (Å²) in [4.78, 5) is 9.13. The van der Waals surface area contributed by atoms with Gasteiger partial charge in [0.05, 0.1) is 35.3 Å². The molecular formula is C17H20BrN5. The lowest BCUT2D eigenvalue weighted by molar-refractivity contribution is 0.420. The second-order valence-corrected chi connectivity index (χ2v) is 6.58. The van der Waals surface area contributed by atoms with Crippen LogP contribution in [-0.4, -0.2) is 19.7 Å². The van der Waals surface area contributed by atoms with Crippen molar-refractivity contribution < 1.29 is 0 Å². The molecule has 2 heterocycles. The minimum atomic E-state index is -0.0853. The predicted molar refractivity (Wildman–Crippen MR) is 95.8 cm³/mol. The van der Waals surface area contributed by atoms with Gasteiger partial charge in [0.1, 0.15) is 0 Å². The molecule has 1 aromatic carbocycles. The van der Waals surface area contributed by atoms with E-state index in [4.69, 9.17) is 5.73 Å². The van der Waals surface area contributed by atoms with E-state index in [0.717, 1.165) is 39.6 Å². The Morgan fingerprint density at radius 1 is 1.22 bits per heavy atom. The molecule has 0 aliphatic rings. The molecule has 0 spiro atoms. The van der Waals surface area contributed by atoms with Crippen molar-refractivity contribution in [1.29, 1.82) is 0 Å². The molecule has 0 aliphatic heterocycles. The summed E-state index contributed by atoms with van der Waals surface area (Å²) in [6.07, 6.45) is 9.89. The zero-order chi connectivity index (χ0) is 16.2. The Balaban J connectivity index is 1.82. The largest absolute Gasteiger partial charge is 0.310 e. The predicted octanol–water partition coefficient (Wildman–Crippen LogP) is 4.29. The van der Waals surface area contributed by atoms with Gasteiger partial charge in [-0.3, -0.25) is 9.67 Å². The van der Waals surface area contributed by atoms with Gasteiger partial charge in [-0.25, -0.2) is 4.98 Å². The van der Waals surface area contributed by atoms with E-state index in [1.165, 1.54) is 12.8 Å². The number of nitrogens with zero attached hydrogens (tertiary/aromatic N) is 4. The van der Waals surface area contributed by atoms with Crippen LogP contribution in [0, 0.1) is 0 Å².